The van der Waals surface area contributed by atoms with Gasteiger partial charge in [0.2, 0.25) is 5.95 Å². The number of unbranched alkanes of at least 4 members (excludes halogenated alkanes) is 1. The maximum atomic E-state index is 5.32. The third-order valence-electron chi connectivity index (χ3n) is 9.34. The van der Waals surface area contributed by atoms with E-state index < -0.39 is 0 Å². The molecule has 7 aromatic rings. The quantitative estimate of drug-likeness (QED) is 0.172. The molecule has 2 unspecified atom stereocenters. The number of allylic oxidation sites excluding steroid dienone is 2. The molecule has 0 spiro atoms. The lowest BCUT2D eigenvalue weighted by Gasteiger charge is -2.14. The molecule has 46 heavy (non-hydrogen) atoms. The van der Waals surface area contributed by atoms with Gasteiger partial charge in [0, 0.05) is 38.5 Å². The molecule has 4 nitrogen and oxygen atoms in total. The summed E-state index contributed by atoms with van der Waals surface area (Å²) in [6.07, 6.45) is 12.6. The van der Waals surface area contributed by atoms with E-state index in [2.05, 4.69) is 157 Å². The van der Waals surface area contributed by atoms with Gasteiger partial charge in [-0.15, -0.1) is 0 Å². The fraction of sp³-hybridized carbons (Fsp3) is 0.190. The Morgan fingerprint density at radius 1 is 0.826 bits per heavy atom. The van der Waals surface area contributed by atoms with E-state index in [1.54, 1.807) is 0 Å². The normalized spacial score (nSPS) is 15.3. The number of nitrogens with zero attached hydrogens (tertiary/aromatic N) is 4. The highest BCUT2D eigenvalue weighted by Crippen LogP contribution is 2.36. The van der Waals surface area contributed by atoms with Crippen molar-refractivity contribution in [2.24, 2.45) is 5.92 Å². The van der Waals surface area contributed by atoms with Crippen molar-refractivity contribution < 1.29 is 0 Å². The van der Waals surface area contributed by atoms with E-state index in [1.165, 1.54) is 37.8 Å². The van der Waals surface area contributed by atoms with Crippen molar-refractivity contribution in [3.63, 3.8) is 0 Å². The summed E-state index contributed by atoms with van der Waals surface area (Å²) in [5.74, 6) is 1.32. The van der Waals surface area contributed by atoms with Gasteiger partial charge in [-0.2, -0.15) is 0 Å². The molecule has 0 fully saturated rings. The van der Waals surface area contributed by atoms with Gasteiger partial charge in [-0.25, -0.2) is 9.97 Å². The van der Waals surface area contributed by atoms with E-state index in [-0.39, 0.29) is 5.92 Å². The van der Waals surface area contributed by atoms with Crippen LogP contribution >= 0.6 is 0 Å². The van der Waals surface area contributed by atoms with Crippen molar-refractivity contribution in [1.82, 2.24) is 19.1 Å². The average Bonchev–Trinajstić information content (AvgIpc) is 3.61. The van der Waals surface area contributed by atoms with Gasteiger partial charge in [-0.05, 0) is 49.1 Å². The van der Waals surface area contributed by atoms with Gasteiger partial charge in [0.25, 0.3) is 0 Å². The monoisotopic (exact) mass is 598 g/mol. The third-order valence-corrected chi connectivity index (χ3v) is 9.34. The fourth-order valence-electron chi connectivity index (χ4n) is 7.07. The van der Waals surface area contributed by atoms with E-state index in [0.717, 1.165) is 53.4 Å². The average molecular weight is 599 g/mol. The van der Waals surface area contributed by atoms with Gasteiger partial charge in [0.15, 0.2) is 0 Å². The lowest BCUT2D eigenvalue weighted by molar-refractivity contribution is 0.788. The summed E-state index contributed by atoms with van der Waals surface area (Å²) in [5, 5.41) is 6.21. The van der Waals surface area contributed by atoms with Crippen LogP contribution in [0.4, 0.5) is 0 Å². The highest BCUT2D eigenvalue weighted by Gasteiger charge is 2.23. The summed E-state index contributed by atoms with van der Waals surface area (Å²) in [4.78, 5) is 10.6. The maximum absolute atomic E-state index is 5.32. The Morgan fingerprint density at radius 2 is 1.59 bits per heavy atom. The first-order valence-electron chi connectivity index (χ1n) is 16.6. The van der Waals surface area contributed by atoms with Crippen molar-refractivity contribution in [3.05, 3.63) is 132 Å². The Morgan fingerprint density at radius 3 is 2.39 bits per heavy atom. The van der Waals surface area contributed by atoms with Crippen LogP contribution in [-0.4, -0.2) is 19.1 Å². The van der Waals surface area contributed by atoms with Crippen LogP contribution in [0.3, 0.4) is 0 Å². The number of benzene rings is 4. The van der Waals surface area contributed by atoms with Gasteiger partial charge in [-0.1, -0.05) is 124 Å². The molecule has 2 atom stereocenters. The van der Waals surface area contributed by atoms with E-state index in [9.17, 15) is 0 Å². The molecule has 1 aliphatic rings. The van der Waals surface area contributed by atoms with Gasteiger partial charge < -0.3 is 4.57 Å². The zero-order chi connectivity index (χ0) is 31.2. The molecular weight excluding hydrogens is 560 g/mol. The van der Waals surface area contributed by atoms with E-state index >= 15 is 0 Å². The SMILES string of the molecule is CCC/C=C\C(C)c1cc(-c2ccccc2)nc(-n2c3c(c4c2ccc2c5ccccc5n(-c5ccccc5)c24)=CC(C)CC=3)n1. The minimum atomic E-state index is 0.163. The van der Waals surface area contributed by atoms with Crippen molar-refractivity contribution in [2.75, 3.05) is 0 Å². The number of hydrogen-bond donors (Lipinski definition) is 0. The Balaban J connectivity index is 1.49. The molecule has 3 heterocycles. The van der Waals surface area contributed by atoms with Crippen molar-refractivity contribution in [3.8, 4) is 22.9 Å². The first-order chi connectivity index (χ1) is 22.6. The fourth-order valence-corrected chi connectivity index (χ4v) is 7.07. The molecule has 0 radical (unpaired) electrons. The molecule has 4 heteroatoms. The Labute approximate surface area is 269 Å². The van der Waals surface area contributed by atoms with Crippen molar-refractivity contribution >= 4 is 44.9 Å². The molecule has 4 aromatic carbocycles. The van der Waals surface area contributed by atoms with Crippen LogP contribution < -0.4 is 10.6 Å². The van der Waals surface area contributed by atoms with E-state index in [4.69, 9.17) is 9.97 Å². The summed E-state index contributed by atoms with van der Waals surface area (Å²) in [5.41, 5.74) is 7.80. The highest BCUT2D eigenvalue weighted by atomic mass is 15.2. The van der Waals surface area contributed by atoms with Crippen molar-refractivity contribution in [2.45, 2.75) is 46.0 Å². The second kappa shape index (κ2) is 11.6. The molecular formula is C42H38N4. The predicted molar refractivity (Wildman–Crippen MR) is 193 cm³/mol. The van der Waals surface area contributed by atoms with Gasteiger partial charge in [-0.3, -0.25) is 4.57 Å². The van der Waals surface area contributed by atoms with E-state index in [1.807, 2.05) is 0 Å². The summed E-state index contributed by atoms with van der Waals surface area (Å²) in [7, 11) is 0. The van der Waals surface area contributed by atoms with Crippen LogP contribution in [0.5, 0.6) is 0 Å². The minimum absolute atomic E-state index is 0.163. The van der Waals surface area contributed by atoms with Crippen LogP contribution in [0.25, 0.3) is 67.8 Å². The van der Waals surface area contributed by atoms with E-state index in [0.29, 0.717) is 5.92 Å². The topological polar surface area (TPSA) is 35.6 Å². The minimum Gasteiger partial charge on any atom is -0.309 e. The van der Waals surface area contributed by atoms with Crippen LogP contribution in [-0.2, 0) is 0 Å². The summed E-state index contributed by atoms with van der Waals surface area (Å²) < 4.78 is 4.76. The predicted octanol–water partition coefficient (Wildman–Crippen LogP) is 9.25. The molecule has 226 valence electrons. The maximum Gasteiger partial charge on any atom is 0.235 e. The molecule has 0 saturated carbocycles. The molecule has 0 N–H and O–H groups in total. The first-order valence-corrected chi connectivity index (χ1v) is 16.6. The third kappa shape index (κ3) is 4.68. The van der Waals surface area contributed by atoms with Gasteiger partial charge in [0.05, 0.1) is 33.3 Å². The lowest BCUT2D eigenvalue weighted by atomic mass is 10.0. The number of fused-ring (bicyclic) bond motifs is 7. The van der Waals surface area contributed by atoms with Crippen molar-refractivity contribution in [1.29, 1.82) is 0 Å². The highest BCUT2D eigenvalue weighted by molar-refractivity contribution is 6.18. The molecule has 3 aromatic heterocycles. The second-order valence-corrected chi connectivity index (χ2v) is 12.6. The first kappa shape index (κ1) is 28.3. The molecule has 0 saturated heterocycles. The molecule has 0 amide bonds. The number of aromatic nitrogens is 4. The molecule has 0 aliphatic heterocycles. The zero-order valence-electron chi connectivity index (χ0n) is 26.7. The zero-order valence-corrected chi connectivity index (χ0v) is 26.7. The summed E-state index contributed by atoms with van der Waals surface area (Å²) in [6.45, 7) is 6.76. The van der Waals surface area contributed by atoms with Crippen LogP contribution in [0.15, 0.2) is 115 Å². The molecule has 8 rings (SSSR count). The summed E-state index contributed by atoms with van der Waals surface area (Å²) in [6, 6.07) is 36.8. The smallest absolute Gasteiger partial charge is 0.235 e. The Bertz CT molecular complexity index is 2380. The standard InChI is InChI=1S/C42H38N4/c1-4-5-8-15-29(3)35-27-36(30-16-9-6-10-17-30)44-42(43-35)46-38-24-22-28(2)26-34(38)40-39(46)25-23-33-32-20-13-14-21-37(32)45(41(33)40)31-18-11-7-12-19-31/h6-21,23-29H,4-5,22H2,1-3H3/b15-8-. The molecule has 0 bridgehead atoms. The Hall–Kier alpha value is -5.22. The van der Waals surface area contributed by atoms with Crippen LogP contribution in [0.1, 0.15) is 51.6 Å². The van der Waals surface area contributed by atoms with Gasteiger partial charge >= 0.3 is 0 Å². The Kier molecular flexibility index (Phi) is 7.14. The van der Waals surface area contributed by atoms with Crippen LogP contribution in [0, 0.1) is 5.92 Å². The number of rotatable bonds is 7. The van der Waals surface area contributed by atoms with Gasteiger partial charge in [0.1, 0.15) is 0 Å². The largest absolute Gasteiger partial charge is 0.309 e. The number of hydrogen-bond acceptors (Lipinski definition) is 2. The second-order valence-electron chi connectivity index (χ2n) is 12.6. The van der Waals surface area contributed by atoms with Crippen LogP contribution in [0.2, 0.25) is 0 Å². The number of para-hydroxylation sites is 2. The summed E-state index contributed by atoms with van der Waals surface area (Å²) >= 11 is 0. The molecule has 1 aliphatic carbocycles. The lowest BCUT2D eigenvalue weighted by Crippen LogP contribution is -2.32.